The van der Waals surface area contributed by atoms with Gasteiger partial charge in [-0.2, -0.15) is 10.1 Å². The summed E-state index contributed by atoms with van der Waals surface area (Å²) >= 11 is 0. The zero-order chi connectivity index (χ0) is 26.3. The van der Waals surface area contributed by atoms with E-state index in [-0.39, 0.29) is 17.2 Å². The first-order valence-corrected chi connectivity index (χ1v) is 12.6. The third-order valence-electron chi connectivity index (χ3n) is 7.06. The van der Waals surface area contributed by atoms with Crippen molar-refractivity contribution in [1.29, 1.82) is 0 Å². The maximum absolute atomic E-state index is 12.5. The molecule has 0 bridgehead atoms. The molecule has 5 rings (SSSR count). The lowest BCUT2D eigenvalue weighted by Crippen LogP contribution is -2.50. The van der Waals surface area contributed by atoms with Gasteiger partial charge in [0.05, 0.1) is 23.1 Å². The van der Waals surface area contributed by atoms with Crippen LogP contribution < -0.4 is 10.2 Å². The van der Waals surface area contributed by atoms with Crippen LogP contribution in [0.25, 0.3) is 16.8 Å². The summed E-state index contributed by atoms with van der Waals surface area (Å²) in [6.07, 6.45) is 3.68. The maximum atomic E-state index is 12.5. The Labute approximate surface area is 216 Å². The van der Waals surface area contributed by atoms with Crippen LogP contribution in [0.4, 0.5) is 5.69 Å². The Hall–Kier alpha value is -3.79. The molecule has 0 spiro atoms. The largest absolute Gasteiger partial charge is 0.367 e. The summed E-state index contributed by atoms with van der Waals surface area (Å²) in [5.74, 6) is 0.0919. The summed E-state index contributed by atoms with van der Waals surface area (Å²) in [4.78, 5) is 26.2. The molecule has 194 valence electrons. The smallest absolute Gasteiger partial charge is 0.315 e. The van der Waals surface area contributed by atoms with Crippen LogP contribution in [-0.2, 0) is 12.0 Å². The van der Waals surface area contributed by atoms with Gasteiger partial charge >= 0.3 is 11.8 Å². The molecule has 4 aromatic rings. The number of likely N-dealkylation sites (N-methyl/N-ethyl adjacent to an activating group) is 1. The molecule has 1 amide bonds. The van der Waals surface area contributed by atoms with Gasteiger partial charge in [0.1, 0.15) is 6.33 Å². The zero-order valence-electron chi connectivity index (χ0n) is 22.3. The molecule has 0 aliphatic carbocycles. The minimum Gasteiger partial charge on any atom is -0.367 e. The molecule has 1 fully saturated rings. The van der Waals surface area contributed by atoms with Gasteiger partial charge in [-0.3, -0.25) is 4.79 Å². The van der Waals surface area contributed by atoms with E-state index in [2.05, 4.69) is 67.6 Å². The molecule has 1 atom stereocenters. The number of aryl methyl sites for hydroxylation is 1. The molecule has 0 radical (unpaired) electrons. The molecule has 1 aliphatic rings. The van der Waals surface area contributed by atoms with Gasteiger partial charge in [-0.1, -0.05) is 38.1 Å². The highest BCUT2D eigenvalue weighted by Gasteiger charge is 2.24. The predicted molar refractivity (Wildman–Crippen MR) is 142 cm³/mol. The average molecular weight is 503 g/mol. The minimum absolute atomic E-state index is 0.0265. The van der Waals surface area contributed by atoms with E-state index in [4.69, 9.17) is 4.52 Å². The summed E-state index contributed by atoms with van der Waals surface area (Å²) < 4.78 is 7.05. The molecule has 10 heteroatoms. The van der Waals surface area contributed by atoms with E-state index in [9.17, 15) is 4.79 Å². The number of hydrogen-bond acceptors (Lipinski definition) is 8. The highest BCUT2D eigenvalue weighted by atomic mass is 16.5. The van der Waals surface area contributed by atoms with Gasteiger partial charge in [0.15, 0.2) is 5.82 Å². The average Bonchev–Trinajstić information content (AvgIpc) is 3.52. The maximum Gasteiger partial charge on any atom is 0.315 e. The lowest BCUT2D eigenvalue weighted by molar-refractivity contribution is 0.0907. The quantitative estimate of drug-likeness (QED) is 0.443. The molecule has 1 aromatic carbocycles. The van der Waals surface area contributed by atoms with Crippen LogP contribution in [0.2, 0.25) is 0 Å². The van der Waals surface area contributed by atoms with Crippen LogP contribution in [0, 0.1) is 6.92 Å². The van der Waals surface area contributed by atoms with Crippen molar-refractivity contribution in [2.24, 2.45) is 0 Å². The van der Waals surface area contributed by atoms with E-state index in [1.165, 1.54) is 0 Å². The van der Waals surface area contributed by atoms with E-state index in [0.29, 0.717) is 18.4 Å². The molecular formula is C27H34N8O2. The summed E-state index contributed by atoms with van der Waals surface area (Å²) in [7, 11) is 2.17. The SMILES string of the molecule is Cc1cc(-c2ncnn3cc(N4CCN(C)[C@@H](C)C4)cc23)ccc1CNC(=O)c1nc(C(C)(C)C)no1. The molecule has 0 unspecified atom stereocenters. The van der Waals surface area contributed by atoms with Gasteiger partial charge in [0.2, 0.25) is 0 Å². The second-order valence-electron chi connectivity index (χ2n) is 10.9. The zero-order valence-corrected chi connectivity index (χ0v) is 22.3. The number of benzene rings is 1. The van der Waals surface area contributed by atoms with Crippen LogP contribution in [0.5, 0.6) is 0 Å². The number of nitrogens with one attached hydrogen (secondary N) is 1. The van der Waals surface area contributed by atoms with Crippen molar-refractivity contribution in [2.75, 3.05) is 31.6 Å². The van der Waals surface area contributed by atoms with E-state index >= 15 is 0 Å². The molecule has 4 heterocycles. The van der Waals surface area contributed by atoms with Crippen molar-refractivity contribution in [3.8, 4) is 11.3 Å². The molecule has 1 aliphatic heterocycles. The first-order chi connectivity index (χ1) is 17.6. The van der Waals surface area contributed by atoms with Crippen LogP contribution in [0.15, 0.2) is 41.3 Å². The Bertz CT molecular complexity index is 1430. The number of hydrogen-bond donors (Lipinski definition) is 1. The van der Waals surface area contributed by atoms with E-state index in [1.807, 2.05) is 44.3 Å². The number of carbonyl (C=O) groups is 1. The van der Waals surface area contributed by atoms with Crippen molar-refractivity contribution in [3.05, 3.63) is 59.6 Å². The van der Waals surface area contributed by atoms with Crippen LogP contribution in [0.3, 0.4) is 0 Å². The Kier molecular flexibility index (Phi) is 6.45. The lowest BCUT2D eigenvalue weighted by Gasteiger charge is -2.38. The first-order valence-electron chi connectivity index (χ1n) is 12.6. The highest BCUT2D eigenvalue weighted by Crippen LogP contribution is 2.29. The van der Waals surface area contributed by atoms with Gasteiger partial charge in [0, 0.05) is 43.2 Å². The summed E-state index contributed by atoms with van der Waals surface area (Å²) in [5, 5.41) is 11.3. The number of amides is 1. The number of rotatable bonds is 5. The second kappa shape index (κ2) is 9.59. The Morgan fingerprint density at radius 2 is 2.03 bits per heavy atom. The van der Waals surface area contributed by atoms with Crippen LogP contribution >= 0.6 is 0 Å². The second-order valence-corrected chi connectivity index (χ2v) is 10.9. The third-order valence-corrected chi connectivity index (χ3v) is 7.06. The van der Waals surface area contributed by atoms with Crippen molar-refractivity contribution < 1.29 is 9.32 Å². The van der Waals surface area contributed by atoms with Crippen molar-refractivity contribution >= 4 is 17.1 Å². The molecule has 1 saturated heterocycles. The Morgan fingerprint density at radius 3 is 2.73 bits per heavy atom. The molecule has 1 N–H and O–H groups in total. The molecular weight excluding hydrogens is 468 g/mol. The highest BCUT2D eigenvalue weighted by molar-refractivity contribution is 5.89. The normalized spacial score (nSPS) is 16.9. The topological polar surface area (TPSA) is 105 Å². The predicted octanol–water partition coefficient (Wildman–Crippen LogP) is 3.46. The number of fused-ring (bicyclic) bond motifs is 1. The van der Waals surface area contributed by atoms with Gasteiger partial charge < -0.3 is 19.6 Å². The van der Waals surface area contributed by atoms with Gasteiger partial charge in [-0.25, -0.2) is 9.50 Å². The van der Waals surface area contributed by atoms with Crippen molar-refractivity contribution in [3.63, 3.8) is 0 Å². The molecule has 3 aromatic heterocycles. The van der Waals surface area contributed by atoms with Gasteiger partial charge in [0.25, 0.3) is 0 Å². The van der Waals surface area contributed by atoms with Gasteiger partial charge in [-0.15, -0.1) is 0 Å². The number of anilines is 1. The number of piperazine rings is 1. The molecule has 10 nitrogen and oxygen atoms in total. The monoisotopic (exact) mass is 502 g/mol. The van der Waals surface area contributed by atoms with Crippen LogP contribution in [-0.4, -0.2) is 68.3 Å². The van der Waals surface area contributed by atoms with Crippen molar-refractivity contribution in [1.82, 2.24) is 35.0 Å². The molecule has 0 saturated carbocycles. The standard InChI is InChI=1S/C27H34N8O2/c1-17-11-19(7-8-20(17)13-28-24(36)25-31-26(32-37-25)27(3,4)5)23-22-12-21(15-35(22)30-16-29-23)34-10-9-33(6)18(2)14-34/h7-8,11-12,15-16,18H,9-10,13-14H2,1-6H3,(H,28,36)/t18-/m0/s1. The first kappa shape index (κ1) is 24.9. The fraction of sp³-hybridized carbons (Fsp3) is 0.444. The molecule has 37 heavy (non-hydrogen) atoms. The Balaban J connectivity index is 1.33. The van der Waals surface area contributed by atoms with Crippen molar-refractivity contribution in [2.45, 2.75) is 52.6 Å². The van der Waals surface area contributed by atoms with E-state index in [1.54, 1.807) is 6.33 Å². The fourth-order valence-electron chi connectivity index (χ4n) is 4.51. The minimum atomic E-state index is -0.386. The van der Waals surface area contributed by atoms with E-state index in [0.717, 1.165) is 53.2 Å². The van der Waals surface area contributed by atoms with Crippen LogP contribution in [0.1, 0.15) is 55.3 Å². The van der Waals surface area contributed by atoms with E-state index < -0.39 is 0 Å². The lowest BCUT2D eigenvalue weighted by atomic mass is 9.96. The summed E-state index contributed by atoms with van der Waals surface area (Å²) in [6, 6.07) is 8.82. The number of carbonyl (C=O) groups excluding carboxylic acids is 1. The van der Waals surface area contributed by atoms with Gasteiger partial charge in [-0.05, 0) is 44.2 Å². The summed E-state index contributed by atoms with van der Waals surface area (Å²) in [5.41, 5.74) is 5.77. The fourth-order valence-corrected chi connectivity index (χ4v) is 4.51. The third kappa shape index (κ3) is 5.06. The number of aromatic nitrogens is 5. The Morgan fingerprint density at radius 1 is 1.22 bits per heavy atom. The number of nitrogens with zero attached hydrogens (tertiary/aromatic N) is 7. The summed E-state index contributed by atoms with van der Waals surface area (Å²) in [6.45, 7) is 13.6.